The summed E-state index contributed by atoms with van der Waals surface area (Å²) in [7, 11) is 0. The van der Waals surface area contributed by atoms with E-state index < -0.39 is 0 Å². The van der Waals surface area contributed by atoms with Crippen LogP contribution in [0.5, 0.6) is 0 Å². The van der Waals surface area contributed by atoms with Crippen LogP contribution in [0.3, 0.4) is 0 Å². The van der Waals surface area contributed by atoms with Gasteiger partial charge in [-0.1, -0.05) is 19.4 Å². The minimum atomic E-state index is -0.169. The Labute approximate surface area is 110 Å². The van der Waals surface area contributed by atoms with E-state index in [4.69, 9.17) is 0 Å². The number of aryl methyl sites for hydroxylation is 1. The smallest absolute Gasteiger partial charge is 0.249 e. The van der Waals surface area contributed by atoms with E-state index in [0.717, 1.165) is 23.4 Å². The molecule has 1 amide bonds. The Bertz CT molecular complexity index is 528. The first-order chi connectivity index (χ1) is 8.78. The first-order valence-corrected chi connectivity index (χ1v) is 6.72. The van der Waals surface area contributed by atoms with Crippen LogP contribution in [0.4, 0.5) is 5.82 Å². The summed E-state index contributed by atoms with van der Waals surface area (Å²) in [6.07, 6.45) is 5.29. The molecule has 2 N–H and O–H groups in total. The predicted octanol–water partition coefficient (Wildman–Crippen LogP) is 3.08. The van der Waals surface area contributed by atoms with Gasteiger partial charge in [-0.15, -0.1) is 11.3 Å². The maximum absolute atomic E-state index is 11.6. The quantitative estimate of drug-likeness (QED) is 0.813. The summed E-state index contributed by atoms with van der Waals surface area (Å²) in [4.78, 5) is 12.7. The molecule has 0 spiro atoms. The molecule has 0 aliphatic rings. The van der Waals surface area contributed by atoms with Crippen molar-refractivity contribution in [3.8, 4) is 0 Å². The minimum absolute atomic E-state index is 0.169. The van der Waals surface area contributed by atoms with E-state index in [1.54, 1.807) is 17.4 Å². The summed E-state index contributed by atoms with van der Waals surface area (Å²) in [6.45, 7) is 2.10. The van der Waals surface area contributed by atoms with Gasteiger partial charge in [0.25, 0.3) is 0 Å². The molecule has 0 fully saturated rings. The second-order valence-electron chi connectivity index (χ2n) is 3.87. The van der Waals surface area contributed by atoms with E-state index in [9.17, 15) is 4.79 Å². The summed E-state index contributed by atoms with van der Waals surface area (Å²) in [5.41, 5.74) is 1.04. The van der Waals surface area contributed by atoms with Gasteiger partial charge in [-0.05, 0) is 23.9 Å². The molecule has 0 saturated heterocycles. The number of nitrogens with zero attached hydrogens (tertiary/aromatic N) is 1. The molecule has 0 aliphatic carbocycles. The Morgan fingerprint density at radius 1 is 1.61 bits per heavy atom. The number of carbonyl (C=O) groups excluding carboxylic acids is 1. The van der Waals surface area contributed by atoms with Crippen LogP contribution in [0.1, 0.15) is 23.9 Å². The van der Waals surface area contributed by atoms with Crippen molar-refractivity contribution in [3.05, 3.63) is 40.2 Å². The number of nitrogens with one attached hydrogen (secondary N) is 2. The van der Waals surface area contributed by atoms with Crippen molar-refractivity contribution in [1.29, 1.82) is 0 Å². The number of anilines is 1. The Morgan fingerprint density at radius 2 is 2.50 bits per heavy atom. The number of thiophene rings is 1. The lowest BCUT2D eigenvalue weighted by Crippen LogP contribution is -2.07. The van der Waals surface area contributed by atoms with Crippen LogP contribution in [0.2, 0.25) is 0 Å². The van der Waals surface area contributed by atoms with E-state index >= 15 is 0 Å². The fourth-order valence-electron chi connectivity index (χ4n) is 1.53. The lowest BCUT2D eigenvalue weighted by Gasteiger charge is -1.94. The van der Waals surface area contributed by atoms with Crippen molar-refractivity contribution in [2.24, 2.45) is 0 Å². The molecule has 5 heteroatoms. The van der Waals surface area contributed by atoms with E-state index in [0.29, 0.717) is 5.82 Å². The maximum Gasteiger partial charge on any atom is 0.249 e. The van der Waals surface area contributed by atoms with Crippen LogP contribution in [-0.2, 0) is 11.2 Å². The van der Waals surface area contributed by atoms with Gasteiger partial charge in [-0.3, -0.25) is 9.89 Å². The van der Waals surface area contributed by atoms with Crippen molar-refractivity contribution in [1.82, 2.24) is 10.2 Å². The van der Waals surface area contributed by atoms with Gasteiger partial charge in [0.1, 0.15) is 0 Å². The number of amides is 1. The third kappa shape index (κ3) is 3.56. The second kappa shape index (κ2) is 6.16. The zero-order valence-corrected chi connectivity index (χ0v) is 11.0. The van der Waals surface area contributed by atoms with Crippen molar-refractivity contribution >= 4 is 29.1 Å². The van der Waals surface area contributed by atoms with Gasteiger partial charge in [0.2, 0.25) is 5.91 Å². The Hall–Kier alpha value is -1.88. The molecule has 94 valence electrons. The molecule has 4 nitrogen and oxygen atoms in total. The minimum Gasteiger partial charge on any atom is -0.306 e. The third-order valence-electron chi connectivity index (χ3n) is 2.34. The zero-order chi connectivity index (χ0) is 12.8. The SMILES string of the molecule is CCCc1cc(NC(=O)/C=C/c2cccs2)n[nH]1. The normalized spacial score (nSPS) is 10.9. The largest absolute Gasteiger partial charge is 0.306 e. The topological polar surface area (TPSA) is 57.8 Å². The summed E-state index contributed by atoms with van der Waals surface area (Å²) < 4.78 is 0. The number of H-pyrrole nitrogens is 1. The molecule has 2 aromatic heterocycles. The van der Waals surface area contributed by atoms with E-state index in [1.165, 1.54) is 6.08 Å². The molecular formula is C13H15N3OS. The van der Waals surface area contributed by atoms with E-state index in [-0.39, 0.29) is 5.91 Å². The van der Waals surface area contributed by atoms with Crippen LogP contribution in [0.25, 0.3) is 6.08 Å². The Morgan fingerprint density at radius 3 is 3.22 bits per heavy atom. The standard InChI is InChI=1S/C13H15N3OS/c1-2-4-10-9-12(16-15-10)14-13(17)7-6-11-5-3-8-18-11/h3,5-9H,2,4H2,1H3,(H2,14,15,16,17)/b7-6+. The molecule has 2 rings (SSSR count). The molecule has 0 bridgehead atoms. The third-order valence-corrected chi connectivity index (χ3v) is 3.18. The van der Waals surface area contributed by atoms with Gasteiger partial charge in [0.05, 0.1) is 0 Å². The highest BCUT2D eigenvalue weighted by Gasteiger charge is 2.02. The molecule has 0 unspecified atom stereocenters. The van der Waals surface area contributed by atoms with E-state index in [2.05, 4.69) is 22.4 Å². The number of carbonyl (C=O) groups is 1. The highest BCUT2D eigenvalue weighted by Crippen LogP contribution is 2.11. The maximum atomic E-state index is 11.6. The second-order valence-corrected chi connectivity index (χ2v) is 4.85. The van der Waals surface area contributed by atoms with Gasteiger partial charge >= 0.3 is 0 Å². The first-order valence-electron chi connectivity index (χ1n) is 5.85. The average Bonchev–Trinajstić information content (AvgIpc) is 2.99. The number of aromatic amines is 1. The van der Waals surface area contributed by atoms with Gasteiger partial charge in [-0.25, -0.2) is 0 Å². The zero-order valence-electron chi connectivity index (χ0n) is 10.1. The van der Waals surface area contributed by atoms with Crippen LogP contribution in [-0.4, -0.2) is 16.1 Å². The highest BCUT2D eigenvalue weighted by atomic mass is 32.1. The van der Waals surface area contributed by atoms with E-state index in [1.807, 2.05) is 23.6 Å². The summed E-state index contributed by atoms with van der Waals surface area (Å²) in [5.74, 6) is 0.400. The average molecular weight is 261 g/mol. The molecule has 0 atom stereocenters. The van der Waals surface area contributed by atoms with Gasteiger partial charge < -0.3 is 5.32 Å². The molecule has 0 aliphatic heterocycles. The number of aromatic nitrogens is 2. The van der Waals surface area contributed by atoms with Crippen molar-refractivity contribution < 1.29 is 4.79 Å². The Balaban J connectivity index is 1.90. The van der Waals surface area contributed by atoms with Crippen molar-refractivity contribution in [2.75, 3.05) is 5.32 Å². The van der Waals surface area contributed by atoms with Gasteiger partial charge in [0.15, 0.2) is 5.82 Å². The van der Waals surface area contributed by atoms with Crippen LogP contribution >= 0.6 is 11.3 Å². The molecule has 2 aromatic rings. The van der Waals surface area contributed by atoms with Gasteiger partial charge in [-0.2, -0.15) is 5.10 Å². The predicted molar refractivity (Wildman–Crippen MR) is 74.6 cm³/mol. The van der Waals surface area contributed by atoms with Crippen molar-refractivity contribution in [3.63, 3.8) is 0 Å². The number of hydrogen-bond acceptors (Lipinski definition) is 3. The fourth-order valence-corrected chi connectivity index (χ4v) is 2.15. The Kier molecular flexibility index (Phi) is 4.30. The summed E-state index contributed by atoms with van der Waals surface area (Å²) in [5, 5.41) is 11.6. The number of rotatable bonds is 5. The van der Waals surface area contributed by atoms with Crippen LogP contribution in [0, 0.1) is 0 Å². The molecule has 0 radical (unpaired) electrons. The van der Waals surface area contributed by atoms with Crippen LogP contribution < -0.4 is 5.32 Å². The lowest BCUT2D eigenvalue weighted by molar-refractivity contribution is -0.111. The molecule has 18 heavy (non-hydrogen) atoms. The van der Waals surface area contributed by atoms with Crippen molar-refractivity contribution in [2.45, 2.75) is 19.8 Å². The monoisotopic (exact) mass is 261 g/mol. The lowest BCUT2D eigenvalue weighted by atomic mass is 10.2. The fraction of sp³-hybridized carbons (Fsp3) is 0.231. The molecule has 0 saturated carbocycles. The molecular weight excluding hydrogens is 246 g/mol. The first kappa shape index (κ1) is 12.6. The summed E-state index contributed by atoms with van der Waals surface area (Å²) >= 11 is 1.59. The molecule has 0 aromatic carbocycles. The summed E-state index contributed by atoms with van der Waals surface area (Å²) in [6, 6.07) is 5.77. The highest BCUT2D eigenvalue weighted by molar-refractivity contribution is 7.10. The number of hydrogen-bond donors (Lipinski definition) is 2. The van der Waals surface area contributed by atoms with Crippen LogP contribution in [0.15, 0.2) is 29.7 Å². The van der Waals surface area contributed by atoms with Gasteiger partial charge in [0, 0.05) is 22.7 Å². The molecule has 2 heterocycles.